The van der Waals surface area contributed by atoms with Crippen molar-refractivity contribution < 1.29 is 4.79 Å². The molecule has 1 unspecified atom stereocenters. The highest BCUT2D eigenvalue weighted by Crippen LogP contribution is 2.23. The van der Waals surface area contributed by atoms with E-state index < -0.39 is 0 Å². The molecule has 1 aromatic rings. The highest BCUT2D eigenvalue weighted by Gasteiger charge is 2.29. The van der Waals surface area contributed by atoms with Gasteiger partial charge in [-0.05, 0) is 19.8 Å². The van der Waals surface area contributed by atoms with Gasteiger partial charge in [0.15, 0.2) is 0 Å². The van der Waals surface area contributed by atoms with Crippen LogP contribution in [0.2, 0.25) is 5.15 Å². The van der Waals surface area contributed by atoms with E-state index in [1.165, 1.54) is 0 Å². The summed E-state index contributed by atoms with van der Waals surface area (Å²) < 4.78 is 0. The van der Waals surface area contributed by atoms with Crippen LogP contribution in [0.4, 0.5) is 5.82 Å². The van der Waals surface area contributed by atoms with Crippen LogP contribution >= 0.6 is 11.6 Å². The first-order valence-electron chi connectivity index (χ1n) is 6.57. The van der Waals surface area contributed by atoms with E-state index in [0.717, 1.165) is 37.2 Å². The van der Waals surface area contributed by atoms with Gasteiger partial charge in [0.25, 0.3) is 0 Å². The Morgan fingerprint density at radius 1 is 1.47 bits per heavy atom. The van der Waals surface area contributed by atoms with Gasteiger partial charge in [-0.25, -0.2) is 9.97 Å². The SMILES string of the molecule is CCCc1nc(Cl)c(C)c(NC2CCN(C)C2=O)n1. The fourth-order valence-corrected chi connectivity index (χ4v) is 2.32. The Bertz CT molecular complexity index is 492. The second kappa shape index (κ2) is 5.74. The number of likely N-dealkylation sites (tertiary alicyclic amines) is 1. The van der Waals surface area contributed by atoms with Gasteiger partial charge in [-0.1, -0.05) is 18.5 Å². The van der Waals surface area contributed by atoms with Gasteiger partial charge in [0, 0.05) is 25.6 Å². The Kier molecular flexibility index (Phi) is 4.24. The normalized spacial score (nSPS) is 19.1. The molecule has 0 spiro atoms. The smallest absolute Gasteiger partial charge is 0.244 e. The topological polar surface area (TPSA) is 58.1 Å². The fraction of sp³-hybridized carbons (Fsp3) is 0.615. The number of likely N-dealkylation sites (N-methyl/N-ethyl adjacent to an activating group) is 1. The number of anilines is 1. The summed E-state index contributed by atoms with van der Waals surface area (Å²) >= 11 is 6.12. The molecule has 0 saturated carbocycles. The molecular formula is C13H19ClN4O. The number of halogens is 1. The molecule has 2 rings (SSSR count). The lowest BCUT2D eigenvalue weighted by Crippen LogP contribution is -2.31. The van der Waals surface area contributed by atoms with E-state index in [1.807, 2.05) is 14.0 Å². The summed E-state index contributed by atoms with van der Waals surface area (Å²) in [7, 11) is 1.81. The van der Waals surface area contributed by atoms with Crippen molar-refractivity contribution in [1.82, 2.24) is 14.9 Å². The quantitative estimate of drug-likeness (QED) is 0.859. The van der Waals surface area contributed by atoms with Crippen molar-refractivity contribution in [3.8, 4) is 0 Å². The molecular weight excluding hydrogens is 264 g/mol. The van der Waals surface area contributed by atoms with Gasteiger partial charge < -0.3 is 10.2 Å². The van der Waals surface area contributed by atoms with Crippen LogP contribution in [-0.2, 0) is 11.2 Å². The Hall–Kier alpha value is -1.36. The number of rotatable bonds is 4. The average Bonchev–Trinajstić information content (AvgIpc) is 2.67. The Morgan fingerprint density at radius 3 is 2.79 bits per heavy atom. The molecule has 1 aromatic heterocycles. The maximum absolute atomic E-state index is 11.9. The molecule has 19 heavy (non-hydrogen) atoms. The zero-order chi connectivity index (χ0) is 14.0. The number of amides is 1. The molecule has 1 aliphatic heterocycles. The Morgan fingerprint density at radius 2 is 2.21 bits per heavy atom. The molecule has 1 saturated heterocycles. The van der Waals surface area contributed by atoms with Gasteiger partial charge in [0.05, 0.1) is 0 Å². The molecule has 6 heteroatoms. The molecule has 104 valence electrons. The highest BCUT2D eigenvalue weighted by atomic mass is 35.5. The molecule has 1 fully saturated rings. The highest BCUT2D eigenvalue weighted by molar-refractivity contribution is 6.30. The first kappa shape index (κ1) is 14.1. The van der Waals surface area contributed by atoms with Crippen LogP contribution in [0.25, 0.3) is 0 Å². The lowest BCUT2D eigenvalue weighted by atomic mass is 10.2. The third kappa shape index (κ3) is 2.97. The second-order valence-corrected chi connectivity index (χ2v) is 5.26. The minimum Gasteiger partial charge on any atom is -0.358 e. The number of hydrogen-bond donors (Lipinski definition) is 1. The van der Waals surface area contributed by atoms with Crippen LogP contribution in [0.3, 0.4) is 0 Å². The minimum atomic E-state index is -0.204. The largest absolute Gasteiger partial charge is 0.358 e. The van der Waals surface area contributed by atoms with Gasteiger partial charge in [-0.3, -0.25) is 4.79 Å². The minimum absolute atomic E-state index is 0.103. The van der Waals surface area contributed by atoms with Gasteiger partial charge >= 0.3 is 0 Å². The number of aromatic nitrogens is 2. The molecule has 1 amide bonds. The van der Waals surface area contributed by atoms with E-state index in [9.17, 15) is 4.79 Å². The van der Waals surface area contributed by atoms with Crippen molar-refractivity contribution in [2.24, 2.45) is 0 Å². The predicted octanol–water partition coefficient (Wildman–Crippen LogP) is 2.03. The molecule has 1 aliphatic rings. The third-order valence-electron chi connectivity index (χ3n) is 3.34. The van der Waals surface area contributed by atoms with Crippen molar-refractivity contribution in [2.75, 3.05) is 18.9 Å². The Balaban J connectivity index is 2.22. The number of nitrogens with zero attached hydrogens (tertiary/aromatic N) is 3. The number of carbonyl (C=O) groups excluding carboxylic acids is 1. The summed E-state index contributed by atoms with van der Waals surface area (Å²) in [5.41, 5.74) is 0.795. The van der Waals surface area contributed by atoms with E-state index in [1.54, 1.807) is 4.90 Å². The van der Waals surface area contributed by atoms with Crippen molar-refractivity contribution >= 4 is 23.3 Å². The van der Waals surface area contributed by atoms with Gasteiger partial charge in [-0.2, -0.15) is 0 Å². The summed E-state index contributed by atoms with van der Waals surface area (Å²) in [6.07, 6.45) is 2.54. The monoisotopic (exact) mass is 282 g/mol. The summed E-state index contributed by atoms with van der Waals surface area (Å²) in [6.45, 7) is 4.71. The number of hydrogen-bond acceptors (Lipinski definition) is 4. The van der Waals surface area contributed by atoms with Crippen LogP contribution < -0.4 is 5.32 Å². The first-order chi connectivity index (χ1) is 9.02. The maximum Gasteiger partial charge on any atom is 0.244 e. The van der Waals surface area contributed by atoms with Gasteiger partial charge in [0.2, 0.25) is 5.91 Å². The standard InChI is InChI=1S/C13H19ClN4O/c1-4-5-10-16-11(14)8(2)12(17-10)15-9-6-7-18(3)13(9)19/h9H,4-7H2,1-3H3,(H,15,16,17). The predicted molar refractivity (Wildman–Crippen MR) is 75.4 cm³/mol. The molecule has 0 bridgehead atoms. The van der Waals surface area contributed by atoms with Crippen LogP contribution in [0.1, 0.15) is 31.2 Å². The van der Waals surface area contributed by atoms with Gasteiger partial charge in [0.1, 0.15) is 22.8 Å². The van der Waals surface area contributed by atoms with Gasteiger partial charge in [-0.15, -0.1) is 0 Å². The first-order valence-corrected chi connectivity index (χ1v) is 6.95. The maximum atomic E-state index is 11.9. The van der Waals surface area contributed by atoms with Crippen LogP contribution in [0.5, 0.6) is 0 Å². The lowest BCUT2D eigenvalue weighted by molar-refractivity contribution is -0.127. The number of nitrogens with one attached hydrogen (secondary N) is 1. The summed E-state index contributed by atoms with van der Waals surface area (Å²) in [4.78, 5) is 22.3. The number of aryl methyl sites for hydroxylation is 1. The van der Waals surface area contributed by atoms with Crippen LogP contribution in [-0.4, -0.2) is 40.4 Å². The second-order valence-electron chi connectivity index (χ2n) is 4.90. The molecule has 0 aromatic carbocycles. The lowest BCUT2D eigenvalue weighted by Gasteiger charge is -2.15. The molecule has 0 radical (unpaired) electrons. The fourth-order valence-electron chi connectivity index (χ4n) is 2.13. The van der Waals surface area contributed by atoms with E-state index >= 15 is 0 Å². The van der Waals surface area contributed by atoms with Crippen molar-refractivity contribution in [3.05, 3.63) is 16.5 Å². The van der Waals surface area contributed by atoms with Crippen LogP contribution in [0, 0.1) is 6.92 Å². The van der Waals surface area contributed by atoms with Crippen molar-refractivity contribution in [1.29, 1.82) is 0 Å². The third-order valence-corrected chi connectivity index (χ3v) is 3.71. The average molecular weight is 283 g/mol. The summed E-state index contributed by atoms with van der Waals surface area (Å²) in [6, 6.07) is -0.204. The van der Waals surface area contributed by atoms with Crippen molar-refractivity contribution in [3.63, 3.8) is 0 Å². The summed E-state index contributed by atoms with van der Waals surface area (Å²) in [5.74, 6) is 1.50. The van der Waals surface area contributed by atoms with E-state index in [-0.39, 0.29) is 11.9 Å². The molecule has 0 aliphatic carbocycles. The van der Waals surface area contributed by atoms with E-state index in [0.29, 0.717) is 11.0 Å². The molecule has 1 N–H and O–H groups in total. The number of carbonyl (C=O) groups is 1. The molecule has 2 heterocycles. The zero-order valence-corrected chi connectivity index (χ0v) is 12.3. The van der Waals surface area contributed by atoms with E-state index in [2.05, 4.69) is 22.2 Å². The molecule has 5 nitrogen and oxygen atoms in total. The molecule has 1 atom stereocenters. The van der Waals surface area contributed by atoms with Crippen LogP contribution in [0.15, 0.2) is 0 Å². The van der Waals surface area contributed by atoms with Crippen molar-refractivity contribution in [2.45, 2.75) is 39.2 Å². The zero-order valence-electron chi connectivity index (χ0n) is 11.5. The van der Waals surface area contributed by atoms with E-state index in [4.69, 9.17) is 11.6 Å². The Labute approximate surface area is 118 Å². The summed E-state index contributed by atoms with van der Waals surface area (Å²) in [5, 5.41) is 3.66.